The van der Waals surface area contributed by atoms with Crippen LogP contribution in [0.1, 0.15) is 0 Å². The first-order chi connectivity index (χ1) is 7.65. The number of hydrogen-bond donors (Lipinski definition) is 0. The zero-order valence-corrected chi connectivity index (χ0v) is 9.54. The maximum Gasteiger partial charge on any atom is 0.219 e. The molecular weight excluding hydrogens is 280 g/mol. The highest BCUT2D eigenvalue weighted by molar-refractivity contribution is 9.10. The van der Waals surface area contributed by atoms with Crippen molar-refractivity contribution in [2.24, 2.45) is 0 Å². The monoisotopic (exact) mass is 285 g/mol. The van der Waals surface area contributed by atoms with E-state index in [0.29, 0.717) is 10.2 Å². The number of hydrogen-bond acceptors (Lipinski definition) is 2. The van der Waals surface area contributed by atoms with Gasteiger partial charge in [-0.1, -0.05) is 0 Å². The predicted molar refractivity (Wildman–Crippen MR) is 58.4 cm³/mol. The van der Waals surface area contributed by atoms with Gasteiger partial charge in [0.25, 0.3) is 0 Å². The minimum absolute atomic E-state index is 0.202. The van der Waals surface area contributed by atoms with Crippen LogP contribution in [0.25, 0.3) is 0 Å². The number of benzene rings is 1. The molecule has 0 radical (unpaired) electrons. The third kappa shape index (κ3) is 2.55. The summed E-state index contributed by atoms with van der Waals surface area (Å²) >= 11 is 3.21. The fourth-order valence-electron chi connectivity index (χ4n) is 1.09. The lowest BCUT2D eigenvalue weighted by atomic mass is 10.3. The van der Waals surface area contributed by atoms with Crippen LogP contribution in [0.3, 0.4) is 0 Å². The van der Waals surface area contributed by atoms with Crippen LogP contribution in [-0.2, 0) is 0 Å². The second kappa shape index (κ2) is 4.57. The SMILES string of the molecule is Fc1ccc(Oc2cc(F)ccc2Br)nc1. The number of aromatic nitrogens is 1. The van der Waals surface area contributed by atoms with Crippen LogP contribution in [0.2, 0.25) is 0 Å². The molecule has 0 bridgehead atoms. The minimum atomic E-state index is -0.453. The molecule has 0 amide bonds. The Morgan fingerprint density at radius 2 is 1.81 bits per heavy atom. The zero-order valence-electron chi connectivity index (χ0n) is 7.95. The first-order valence-electron chi connectivity index (χ1n) is 4.39. The Labute approximate surface area is 99.0 Å². The van der Waals surface area contributed by atoms with Crippen LogP contribution in [0.15, 0.2) is 41.0 Å². The number of ether oxygens (including phenoxy) is 1. The summed E-state index contributed by atoms with van der Waals surface area (Å²) < 4.78 is 31.4. The number of rotatable bonds is 2. The second-order valence-corrected chi connectivity index (χ2v) is 3.85. The summed E-state index contributed by atoms with van der Waals surface area (Å²) in [5, 5.41) is 0. The van der Waals surface area contributed by atoms with E-state index in [1.165, 1.54) is 30.3 Å². The van der Waals surface area contributed by atoms with E-state index in [0.717, 1.165) is 6.20 Å². The standard InChI is InChI=1S/C11H6BrF2NO/c12-9-3-1-7(13)5-10(9)16-11-4-2-8(14)6-15-11/h1-6H. The van der Waals surface area contributed by atoms with Crippen molar-refractivity contribution in [1.29, 1.82) is 0 Å². The minimum Gasteiger partial charge on any atom is -0.438 e. The molecule has 0 aliphatic heterocycles. The predicted octanol–water partition coefficient (Wildman–Crippen LogP) is 3.91. The highest BCUT2D eigenvalue weighted by Gasteiger charge is 2.05. The average molecular weight is 286 g/mol. The van der Waals surface area contributed by atoms with E-state index in [1.54, 1.807) is 0 Å². The lowest BCUT2D eigenvalue weighted by molar-refractivity contribution is 0.452. The summed E-state index contributed by atoms with van der Waals surface area (Å²) in [5.41, 5.74) is 0. The lowest BCUT2D eigenvalue weighted by Crippen LogP contribution is -1.90. The Morgan fingerprint density at radius 1 is 1.06 bits per heavy atom. The highest BCUT2D eigenvalue weighted by atomic mass is 79.9. The second-order valence-electron chi connectivity index (χ2n) is 2.99. The Balaban J connectivity index is 2.26. The molecule has 16 heavy (non-hydrogen) atoms. The summed E-state index contributed by atoms with van der Waals surface area (Å²) in [6.07, 6.45) is 1.03. The van der Waals surface area contributed by atoms with Gasteiger partial charge in [-0.15, -0.1) is 0 Å². The van der Waals surface area contributed by atoms with Gasteiger partial charge >= 0.3 is 0 Å². The van der Waals surface area contributed by atoms with Gasteiger partial charge in [-0.3, -0.25) is 0 Å². The fourth-order valence-corrected chi connectivity index (χ4v) is 1.42. The van der Waals surface area contributed by atoms with E-state index < -0.39 is 11.6 Å². The summed E-state index contributed by atoms with van der Waals surface area (Å²) in [7, 11) is 0. The maximum atomic E-state index is 12.9. The molecule has 1 aromatic carbocycles. The van der Waals surface area contributed by atoms with Gasteiger partial charge in [-0.2, -0.15) is 0 Å². The molecule has 0 atom stereocenters. The first-order valence-corrected chi connectivity index (χ1v) is 5.19. The third-order valence-corrected chi connectivity index (χ3v) is 2.46. The molecule has 2 nitrogen and oxygen atoms in total. The van der Waals surface area contributed by atoms with Crippen LogP contribution < -0.4 is 4.74 Å². The molecule has 82 valence electrons. The summed E-state index contributed by atoms with van der Waals surface area (Å²) in [5.74, 6) is -0.377. The van der Waals surface area contributed by atoms with Gasteiger partial charge in [0.15, 0.2) is 0 Å². The number of halogens is 3. The van der Waals surface area contributed by atoms with Crippen molar-refractivity contribution >= 4 is 15.9 Å². The Kier molecular flexibility index (Phi) is 3.14. The smallest absolute Gasteiger partial charge is 0.219 e. The van der Waals surface area contributed by atoms with Crippen LogP contribution in [-0.4, -0.2) is 4.98 Å². The Bertz CT molecular complexity index is 502. The quantitative estimate of drug-likeness (QED) is 0.835. The molecule has 0 saturated carbocycles. The molecule has 1 aromatic heterocycles. The average Bonchev–Trinajstić information content (AvgIpc) is 2.27. The molecule has 0 spiro atoms. The third-order valence-electron chi connectivity index (χ3n) is 1.81. The van der Waals surface area contributed by atoms with Gasteiger partial charge in [0.1, 0.15) is 17.4 Å². The van der Waals surface area contributed by atoms with Gasteiger partial charge in [-0.05, 0) is 34.1 Å². The van der Waals surface area contributed by atoms with Crippen molar-refractivity contribution in [1.82, 2.24) is 4.98 Å². The van der Waals surface area contributed by atoms with E-state index in [-0.39, 0.29) is 5.88 Å². The van der Waals surface area contributed by atoms with E-state index >= 15 is 0 Å². The largest absolute Gasteiger partial charge is 0.438 e. The number of pyridine rings is 1. The van der Waals surface area contributed by atoms with E-state index in [4.69, 9.17) is 4.74 Å². The van der Waals surface area contributed by atoms with E-state index in [9.17, 15) is 8.78 Å². The topological polar surface area (TPSA) is 22.1 Å². The molecule has 0 N–H and O–H groups in total. The van der Waals surface area contributed by atoms with Crippen LogP contribution >= 0.6 is 15.9 Å². The van der Waals surface area contributed by atoms with E-state index in [2.05, 4.69) is 20.9 Å². The Hall–Kier alpha value is -1.49. The van der Waals surface area contributed by atoms with Crippen molar-refractivity contribution in [3.63, 3.8) is 0 Å². The molecule has 0 aliphatic rings. The summed E-state index contributed by atoms with van der Waals surface area (Å²) in [4.78, 5) is 3.70. The van der Waals surface area contributed by atoms with Crippen molar-refractivity contribution in [3.05, 3.63) is 52.6 Å². The van der Waals surface area contributed by atoms with Crippen molar-refractivity contribution in [3.8, 4) is 11.6 Å². The van der Waals surface area contributed by atoms with E-state index in [1.807, 2.05) is 0 Å². The summed E-state index contributed by atoms with van der Waals surface area (Å²) in [6, 6.07) is 6.63. The first kappa shape index (κ1) is 11.0. The van der Waals surface area contributed by atoms with Crippen LogP contribution in [0.5, 0.6) is 11.6 Å². The number of nitrogens with zero attached hydrogens (tertiary/aromatic N) is 1. The van der Waals surface area contributed by atoms with Crippen LogP contribution in [0, 0.1) is 11.6 Å². The van der Waals surface area contributed by atoms with Gasteiger partial charge in [0.05, 0.1) is 10.7 Å². The van der Waals surface area contributed by atoms with Crippen LogP contribution in [0.4, 0.5) is 8.78 Å². The van der Waals surface area contributed by atoms with Crippen molar-refractivity contribution < 1.29 is 13.5 Å². The normalized spacial score (nSPS) is 10.2. The molecule has 2 aromatic rings. The zero-order chi connectivity index (χ0) is 11.5. The van der Waals surface area contributed by atoms with Gasteiger partial charge in [0, 0.05) is 12.1 Å². The molecule has 0 saturated heterocycles. The molecule has 0 fully saturated rings. The lowest BCUT2D eigenvalue weighted by Gasteiger charge is -2.06. The molecule has 2 rings (SSSR count). The van der Waals surface area contributed by atoms with Gasteiger partial charge < -0.3 is 4.74 Å². The molecule has 0 unspecified atom stereocenters. The summed E-state index contributed by atoms with van der Waals surface area (Å²) in [6.45, 7) is 0. The molecular formula is C11H6BrF2NO. The molecule has 0 aliphatic carbocycles. The fraction of sp³-hybridized carbons (Fsp3) is 0. The highest BCUT2D eigenvalue weighted by Crippen LogP contribution is 2.29. The Morgan fingerprint density at radius 3 is 2.50 bits per heavy atom. The maximum absolute atomic E-state index is 12.9. The van der Waals surface area contributed by atoms with Gasteiger partial charge in [-0.25, -0.2) is 13.8 Å². The molecule has 5 heteroatoms. The van der Waals surface area contributed by atoms with Crippen molar-refractivity contribution in [2.45, 2.75) is 0 Å². The van der Waals surface area contributed by atoms with Gasteiger partial charge in [0.2, 0.25) is 5.88 Å². The molecule has 1 heterocycles. The van der Waals surface area contributed by atoms with Crippen molar-refractivity contribution in [2.75, 3.05) is 0 Å².